The van der Waals surface area contributed by atoms with Crippen LogP contribution in [0.4, 0.5) is 10.1 Å². The monoisotopic (exact) mass is 427 g/mol. The van der Waals surface area contributed by atoms with Crippen LogP contribution in [0.2, 0.25) is 0 Å². The minimum absolute atomic E-state index is 0.0196. The number of hydrogen-bond donors (Lipinski definition) is 2. The van der Waals surface area contributed by atoms with Crippen LogP contribution in [-0.2, 0) is 4.79 Å². The first-order chi connectivity index (χ1) is 15.5. The van der Waals surface area contributed by atoms with E-state index in [1.165, 1.54) is 18.2 Å². The Kier molecular flexibility index (Phi) is 6.36. The third-order valence-electron chi connectivity index (χ3n) is 5.56. The van der Waals surface area contributed by atoms with Gasteiger partial charge in [0.1, 0.15) is 5.82 Å². The fourth-order valence-electron chi connectivity index (χ4n) is 3.84. The van der Waals surface area contributed by atoms with Gasteiger partial charge in [0.2, 0.25) is 5.91 Å². The van der Waals surface area contributed by atoms with Crippen molar-refractivity contribution in [3.63, 3.8) is 0 Å². The molecular formula is C27H26FN3O. The second kappa shape index (κ2) is 9.52. The third kappa shape index (κ3) is 4.89. The number of amides is 1. The summed E-state index contributed by atoms with van der Waals surface area (Å²) in [5.41, 5.74) is 5.08. The van der Waals surface area contributed by atoms with E-state index in [0.29, 0.717) is 12.1 Å². The largest absolute Gasteiger partial charge is 0.378 e. The molecule has 0 spiro atoms. The Morgan fingerprint density at radius 1 is 1.06 bits per heavy atom. The summed E-state index contributed by atoms with van der Waals surface area (Å²) in [6, 6.07) is 22.7. The van der Waals surface area contributed by atoms with Crippen molar-refractivity contribution in [2.24, 2.45) is 0 Å². The lowest BCUT2D eigenvalue weighted by Crippen LogP contribution is -2.27. The standard InChI is InChI=1S/C27H26FN3O/c1-31(2)22-13-11-20(12-14-22)24(25-18-29-26-9-4-3-8-23(25)26)17-30-27(32)15-10-19-6-5-7-21(28)16-19/h3-16,18,24,29H,17H2,1-2H3,(H,30,32)/b15-10+/t24-/m1/s1. The first kappa shape index (κ1) is 21.4. The number of nitrogens with one attached hydrogen (secondary N) is 2. The number of rotatable bonds is 7. The number of halogens is 1. The number of hydrogen-bond acceptors (Lipinski definition) is 2. The molecule has 3 aromatic carbocycles. The van der Waals surface area contributed by atoms with Gasteiger partial charge < -0.3 is 15.2 Å². The number of carbonyl (C=O) groups excluding carboxylic acids is 1. The van der Waals surface area contributed by atoms with Crippen molar-refractivity contribution in [2.45, 2.75) is 5.92 Å². The average Bonchev–Trinajstić information content (AvgIpc) is 3.22. The summed E-state index contributed by atoms with van der Waals surface area (Å²) in [4.78, 5) is 17.9. The number of anilines is 1. The first-order valence-electron chi connectivity index (χ1n) is 10.6. The molecule has 1 amide bonds. The molecule has 1 heterocycles. The summed E-state index contributed by atoms with van der Waals surface area (Å²) in [5.74, 6) is -0.564. The predicted octanol–water partition coefficient (Wildman–Crippen LogP) is 5.33. The van der Waals surface area contributed by atoms with E-state index in [1.807, 2.05) is 38.5 Å². The van der Waals surface area contributed by atoms with Gasteiger partial charge in [0, 0.05) is 55.4 Å². The Bertz CT molecular complexity index is 1240. The second-order valence-electron chi connectivity index (χ2n) is 7.96. The average molecular weight is 428 g/mol. The maximum absolute atomic E-state index is 13.4. The SMILES string of the molecule is CN(C)c1ccc([C@@H](CNC(=O)/C=C/c2cccc(F)c2)c2c[nH]c3ccccc23)cc1. The molecule has 0 saturated heterocycles. The number of aromatic amines is 1. The number of nitrogens with zero attached hydrogens (tertiary/aromatic N) is 1. The van der Waals surface area contributed by atoms with Crippen LogP contribution in [-0.4, -0.2) is 31.5 Å². The van der Waals surface area contributed by atoms with Gasteiger partial charge in [-0.2, -0.15) is 0 Å². The number of para-hydroxylation sites is 1. The minimum atomic E-state index is -0.326. The quantitative estimate of drug-likeness (QED) is 0.392. The summed E-state index contributed by atoms with van der Waals surface area (Å²) in [6.07, 6.45) is 5.07. The van der Waals surface area contributed by atoms with Crippen LogP contribution in [0.3, 0.4) is 0 Å². The van der Waals surface area contributed by atoms with Gasteiger partial charge in [-0.3, -0.25) is 4.79 Å². The van der Waals surface area contributed by atoms with E-state index in [-0.39, 0.29) is 17.6 Å². The normalized spacial score (nSPS) is 12.2. The smallest absolute Gasteiger partial charge is 0.244 e. The number of aromatic nitrogens is 1. The van der Waals surface area contributed by atoms with Gasteiger partial charge in [0.15, 0.2) is 0 Å². The van der Waals surface area contributed by atoms with Crippen molar-refractivity contribution in [1.82, 2.24) is 10.3 Å². The maximum Gasteiger partial charge on any atom is 0.244 e. The molecule has 4 rings (SSSR count). The van der Waals surface area contributed by atoms with Gasteiger partial charge in [0.25, 0.3) is 0 Å². The zero-order valence-electron chi connectivity index (χ0n) is 18.2. The van der Waals surface area contributed by atoms with Gasteiger partial charge in [-0.25, -0.2) is 4.39 Å². The molecule has 4 nitrogen and oxygen atoms in total. The molecule has 1 atom stereocenters. The van der Waals surface area contributed by atoms with Crippen LogP contribution in [0.15, 0.2) is 85.1 Å². The van der Waals surface area contributed by atoms with Crippen molar-refractivity contribution < 1.29 is 9.18 Å². The van der Waals surface area contributed by atoms with Crippen molar-refractivity contribution in [2.75, 3.05) is 25.5 Å². The van der Waals surface area contributed by atoms with E-state index >= 15 is 0 Å². The molecule has 0 fully saturated rings. The van der Waals surface area contributed by atoms with Crippen molar-refractivity contribution in [3.8, 4) is 0 Å². The zero-order chi connectivity index (χ0) is 22.5. The number of carbonyl (C=O) groups is 1. The molecule has 0 saturated carbocycles. The van der Waals surface area contributed by atoms with E-state index < -0.39 is 0 Å². The predicted molar refractivity (Wildman–Crippen MR) is 129 cm³/mol. The van der Waals surface area contributed by atoms with Crippen LogP contribution in [0, 0.1) is 5.82 Å². The molecule has 0 aliphatic rings. The molecular weight excluding hydrogens is 401 g/mol. The number of H-pyrrole nitrogens is 1. The molecule has 162 valence electrons. The van der Waals surface area contributed by atoms with Crippen LogP contribution in [0.1, 0.15) is 22.6 Å². The van der Waals surface area contributed by atoms with Gasteiger partial charge in [0.05, 0.1) is 0 Å². The minimum Gasteiger partial charge on any atom is -0.378 e. The molecule has 2 N–H and O–H groups in total. The van der Waals surface area contributed by atoms with Gasteiger partial charge in [-0.05, 0) is 53.1 Å². The maximum atomic E-state index is 13.4. The Morgan fingerprint density at radius 2 is 1.84 bits per heavy atom. The van der Waals surface area contributed by atoms with Crippen molar-refractivity contribution in [3.05, 3.63) is 108 Å². The van der Waals surface area contributed by atoms with E-state index in [2.05, 4.69) is 45.5 Å². The molecule has 0 bridgehead atoms. The summed E-state index contributed by atoms with van der Waals surface area (Å²) in [5, 5.41) is 4.15. The summed E-state index contributed by atoms with van der Waals surface area (Å²) in [6.45, 7) is 0.440. The van der Waals surface area contributed by atoms with Crippen molar-refractivity contribution in [1.29, 1.82) is 0 Å². The van der Waals surface area contributed by atoms with E-state index in [9.17, 15) is 9.18 Å². The molecule has 1 aromatic heterocycles. The summed E-state index contributed by atoms with van der Waals surface area (Å²) in [7, 11) is 4.02. The van der Waals surface area contributed by atoms with Crippen LogP contribution >= 0.6 is 0 Å². The van der Waals surface area contributed by atoms with Crippen molar-refractivity contribution >= 4 is 28.6 Å². The van der Waals surface area contributed by atoms with E-state index in [4.69, 9.17) is 0 Å². The van der Waals surface area contributed by atoms with Crippen LogP contribution < -0.4 is 10.2 Å². The highest BCUT2D eigenvalue weighted by Crippen LogP contribution is 2.31. The Hall–Kier alpha value is -3.86. The van der Waals surface area contributed by atoms with Gasteiger partial charge >= 0.3 is 0 Å². The molecule has 32 heavy (non-hydrogen) atoms. The molecule has 0 aliphatic heterocycles. The molecule has 5 heteroatoms. The topological polar surface area (TPSA) is 48.1 Å². The molecule has 0 unspecified atom stereocenters. The third-order valence-corrected chi connectivity index (χ3v) is 5.56. The lowest BCUT2D eigenvalue weighted by Gasteiger charge is -2.19. The van der Waals surface area contributed by atoms with Gasteiger partial charge in [-0.1, -0.05) is 42.5 Å². The zero-order valence-corrected chi connectivity index (χ0v) is 18.2. The number of benzene rings is 3. The first-order valence-corrected chi connectivity index (χ1v) is 10.6. The lowest BCUT2D eigenvalue weighted by atomic mass is 9.90. The molecule has 4 aromatic rings. The molecule has 0 radical (unpaired) electrons. The summed E-state index contributed by atoms with van der Waals surface area (Å²) >= 11 is 0. The lowest BCUT2D eigenvalue weighted by molar-refractivity contribution is -0.116. The second-order valence-corrected chi connectivity index (χ2v) is 7.96. The Balaban J connectivity index is 1.57. The van der Waals surface area contributed by atoms with Gasteiger partial charge in [-0.15, -0.1) is 0 Å². The molecule has 0 aliphatic carbocycles. The fraction of sp³-hybridized carbons (Fsp3) is 0.148. The Morgan fingerprint density at radius 3 is 2.59 bits per heavy atom. The van der Waals surface area contributed by atoms with E-state index in [1.54, 1.807) is 18.2 Å². The highest BCUT2D eigenvalue weighted by molar-refractivity contribution is 5.92. The highest BCUT2D eigenvalue weighted by Gasteiger charge is 2.19. The summed E-state index contributed by atoms with van der Waals surface area (Å²) < 4.78 is 13.4. The highest BCUT2D eigenvalue weighted by atomic mass is 19.1. The number of fused-ring (bicyclic) bond motifs is 1. The van der Waals surface area contributed by atoms with Crippen LogP contribution in [0.5, 0.6) is 0 Å². The fourth-order valence-corrected chi connectivity index (χ4v) is 3.84. The Labute approximate surface area is 187 Å². The van der Waals surface area contributed by atoms with E-state index in [0.717, 1.165) is 27.7 Å². The van der Waals surface area contributed by atoms with Crippen LogP contribution in [0.25, 0.3) is 17.0 Å².